The summed E-state index contributed by atoms with van der Waals surface area (Å²) in [5.74, 6) is -2.07. The van der Waals surface area contributed by atoms with E-state index in [4.69, 9.17) is 0 Å². The van der Waals surface area contributed by atoms with E-state index in [2.05, 4.69) is 10.2 Å². The van der Waals surface area contributed by atoms with Crippen LogP contribution in [0.25, 0.3) is 0 Å². The molecular weight excluding hydrogens is 406 g/mol. The van der Waals surface area contributed by atoms with Gasteiger partial charge in [-0.05, 0) is 17.7 Å². The number of carbonyl (C=O) groups is 2. The Morgan fingerprint density at radius 1 is 0.781 bits per heavy atom. The summed E-state index contributed by atoms with van der Waals surface area (Å²) in [5, 5.41) is 20.3. The first-order valence-electron chi connectivity index (χ1n) is 10.1. The van der Waals surface area contributed by atoms with Crippen LogP contribution >= 0.6 is 0 Å². The first-order valence-corrected chi connectivity index (χ1v) is 10.1. The summed E-state index contributed by atoms with van der Waals surface area (Å²) in [4.78, 5) is 37.2. The second kappa shape index (κ2) is 7.77. The van der Waals surface area contributed by atoms with Crippen LogP contribution in [0.5, 0.6) is 0 Å². The van der Waals surface area contributed by atoms with Crippen LogP contribution in [-0.4, -0.2) is 16.5 Å². The molecule has 156 valence electrons. The molecular formula is C25H17N3O4. The van der Waals surface area contributed by atoms with Gasteiger partial charge in [0, 0.05) is 23.1 Å². The van der Waals surface area contributed by atoms with Crippen molar-refractivity contribution >= 4 is 17.3 Å². The van der Waals surface area contributed by atoms with Crippen LogP contribution in [-0.2, 0) is 0 Å². The van der Waals surface area contributed by atoms with Gasteiger partial charge in [-0.2, -0.15) is 10.2 Å². The number of ketones is 2. The van der Waals surface area contributed by atoms with Gasteiger partial charge in [-0.1, -0.05) is 66.7 Å². The molecule has 0 aromatic heterocycles. The molecule has 1 heterocycles. The molecule has 0 bridgehead atoms. The third-order valence-electron chi connectivity index (χ3n) is 5.90. The van der Waals surface area contributed by atoms with Gasteiger partial charge in [0.05, 0.1) is 16.2 Å². The van der Waals surface area contributed by atoms with E-state index in [1.165, 1.54) is 6.07 Å². The predicted molar refractivity (Wildman–Crippen MR) is 117 cm³/mol. The Bertz CT molecular complexity index is 1280. The lowest BCUT2D eigenvalue weighted by Crippen LogP contribution is -2.21. The molecule has 0 radical (unpaired) electrons. The second-order valence-electron chi connectivity index (χ2n) is 7.71. The van der Waals surface area contributed by atoms with E-state index in [-0.39, 0.29) is 23.0 Å². The number of nitrogens with zero attached hydrogens (tertiary/aromatic N) is 3. The molecule has 0 N–H and O–H groups in total. The van der Waals surface area contributed by atoms with Crippen molar-refractivity contribution in [1.82, 2.24) is 0 Å². The Morgan fingerprint density at radius 2 is 1.38 bits per heavy atom. The molecule has 1 aliphatic heterocycles. The van der Waals surface area contributed by atoms with Gasteiger partial charge in [-0.25, -0.2) is 0 Å². The summed E-state index contributed by atoms with van der Waals surface area (Å²) >= 11 is 0. The quantitative estimate of drug-likeness (QED) is 0.316. The van der Waals surface area contributed by atoms with Crippen molar-refractivity contribution in [2.24, 2.45) is 16.1 Å². The molecule has 7 nitrogen and oxygen atoms in total. The first-order chi connectivity index (χ1) is 15.6. The van der Waals surface area contributed by atoms with E-state index in [9.17, 15) is 19.7 Å². The van der Waals surface area contributed by atoms with Crippen molar-refractivity contribution in [3.63, 3.8) is 0 Å². The minimum absolute atomic E-state index is 0.0466. The van der Waals surface area contributed by atoms with Crippen molar-refractivity contribution in [2.45, 2.75) is 12.0 Å². The van der Waals surface area contributed by atoms with Gasteiger partial charge in [0.25, 0.3) is 5.69 Å². The fourth-order valence-electron chi connectivity index (χ4n) is 4.39. The van der Waals surface area contributed by atoms with Crippen LogP contribution < -0.4 is 0 Å². The van der Waals surface area contributed by atoms with E-state index in [0.29, 0.717) is 16.7 Å². The number of carbonyl (C=O) groups excluding carboxylic acids is 2. The lowest BCUT2D eigenvalue weighted by molar-refractivity contribution is -0.385. The maximum Gasteiger partial charge on any atom is 0.274 e. The third-order valence-corrected chi connectivity index (χ3v) is 5.90. The van der Waals surface area contributed by atoms with Gasteiger partial charge >= 0.3 is 0 Å². The number of rotatable bonds is 4. The number of azo groups is 1. The summed E-state index contributed by atoms with van der Waals surface area (Å²) in [5.41, 5.74) is 2.29. The maximum atomic E-state index is 13.0. The molecule has 0 saturated carbocycles. The highest BCUT2D eigenvalue weighted by Gasteiger charge is 2.43. The summed E-state index contributed by atoms with van der Waals surface area (Å²) in [6.07, 6.45) is 1.76. The smallest absolute Gasteiger partial charge is 0.274 e. The molecule has 7 heteroatoms. The Balaban J connectivity index is 1.60. The van der Waals surface area contributed by atoms with Gasteiger partial charge in [0.1, 0.15) is 12.0 Å². The van der Waals surface area contributed by atoms with E-state index >= 15 is 0 Å². The van der Waals surface area contributed by atoms with Crippen LogP contribution in [0, 0.1) is 16.0 Å². The Morgan fingerprint density at radius 3 is 2.03 bits per heavy atom. The number of nitro benzene ring substituents is 1. The summed E-state index contributed by atoms with van der Waals surface area (Å²) in [6.45, 7) is 0. The second-order valence-corrected chi connectivity index (χ2v) is 7.71. The Labute approximate surface area is 183 Å². The van der Waals surface area contributed by atoms with Crippen LogP contribution in [0.3, 0.4) is 0 Å². The standard InChI is InChI=1S/C25H17N3O4/c29-24-16-10-4-5-11-17(16)25(30)22(24)20-14-19(15-8-2-1-3-9-15)23(27-26-20)18-12-6-7-13-21(18)28(31)32/h1-14,19,22-23H/t19-,23+/m0/s1. The highest BCUT2D eigenvalue weighted by Crippen LogP contribution is 2.45. The van der Waals surface area contributed by atoms with Crippen molar-refractivity contribution in [2.75, 3.05) is 0 Å². The van der Waals surface area contributed by atoms with Crippen LogP contribution in [0.15, 0.2) is 101 Å². The van der Waals surface area contributed by atoms with E-state index in [1.54, 1.807) is 48.5 Å². The highest BCUT2D eigenvalue weighted by atomic mass is 16.6. The monoisotopic (exact) mass is 423 g/mol. The van der Waals surface area contributed by atoms with Gasteiger partial charge in [0.2, 0.25) is 0 Å². The average molecular weight is 423 g/mol. The minimum atomic E-state index is -1.05. The van der Waals surface area contributed by atoms with Crippen molar-refractivity contribution in [1.29, 1.82) is 0 Å². The fraction of sp³-hybridized carbons (Fsp3) is 0.120. The highest BCUT2D eigenvalue weighted by molar-refractivity contribution is 6.28. The van der Waals surface area contributed by atoms with Gasteiger partial charge in [-0.3, -0.25) is 19.7 Å². The zero-order valence-corrected chi connectivity index (χ0v) is 16.8. The van der Waals surface area contributed by atoms with Crippen molar-refractivity contribution in [3.8, 4) is 0 Å². The number of nitro groups is 1. The number of para-hydroxylation sites is 1. The molecule has 3 aromatic carbocycles. The van der Waals surface area contributed by atoms with Crippen LogP contribution in [0.2, 0.25) is 0 Å². The molecule has 0 spiro atoms. The third kappa shape index (κ3) is 3.15. The number of hydrogen-bond donors (Lipinski definition) is 0. The van der Waals surface area contributed by atoms with Crippen molar-refractivity contribution < 1.29 is 14.5 Å². The fourth-order valence-corrected chi connectivity index (χ4v) is 4.39. The topological polar surface area (TPSA) is 102 Å². The molecule has 2 atom stereocenters. The Kier molecular flexibility index (Phi) is 4.78. The van der Waals surface area contributed by atoms with Crippen LogP contribution in [0.4, 0.5) is 5.69 Å². The lowest BCUT2D eigenvalue weighted by atomic mass is 9.83. The SMILES string of the molecule is O=C1c2ccccc2C(=O)C1C1=C[C@@H](c2ccccc2)[C@@H](c2ccccc2[N+](=O)[O-])N=N1. The largest absolute Gasteiger partial charge is 0.293 e. The molecule has 5 rings (SSSR count). The van der Waals surface area contributed by atoms with Crippen molar-refractivity contribution in [3.05, 3.63) is 123 Å². The predicted octanol–water partition coefficient (Wildman–Crippen LogP) is 5.46. The van der Waals surface area contributed by atoms with E-state index in [0.717, 1.165) is 5.56 Å². The zero-order valence-electron chi connectivity index (χ0n) is 16.8. The molecule has 32 heavy (non-hydrogen) atoms. The summed E-state index contributed by atoms with van der Waals surface area (Å²) < 4.78 is 0. The number of benzene rings is 3. The minimum Gasteiger partial charge on any atom is -0.293 e. The zero-order chi connectivity index (χ0) is 22.2. The van der Waals surface area contributed by atoms with Gasteiger partial charge in [0.15, 0.2) is 11.6 Å². The number of allylic oxidation sites excluding steroid dienone is 1. The maximum absolute atomic E-state index is 13.0. The summed E-state index contributed by atoms with van der Waals surface area (Å²) in [7, 11) is 0. The molecule has 0 amide bonds. The number of hydrogen-bond acceptors (Lipinski definition) is 6. The Hall–Kier alpha value is -4.26. The normalized spacial score (nSPS) is 20.2. The number of fused-ring (bicyclic) bond motifs is 1. The lowest BCUT2D eigenvalue weighted by Gasteiger charge is -2.26. The molecule has 3 aromatic rings. The van der Waals surface area contributed by atoms with Crippen LogP contribution in [0.1, 0.15) is 43.8 Å². The van der Waals surface area contributed by atoms with E-state index in [1.807, 2.05) is 30.3 Å². The van der Waals surface area contributed by atoms with Gasteiger partial charge < -0.3 is 0 Å². The average Bonchev–Trinajstić information content (AvgIpc) is 3.09. The molecule has 0 saturated heterocycles. The molecule has 0 fully saturated rings. The van der Waals surface area contributed by atoms with E-state index < -0.39 is 22.8 Å². The molecule has 1 aliphatic carbocycles. The molecule has 2 aliphatic rings. The summed E-state index contributed by atoms with van der Waals surface area (Å²) in [6, 6.07) is 21.9. The van der Waals surface area contributed by atoms with Gasteiger partial charge in [-0.15, -0.1) is 0 Å². The first kappa shape index (κ1) is 19.7. The molecule has 0 unspecified atom stereocenters. The number of Topliss-reactive ketones (excluding diaryl/α,β-unsaturated/α-hetero) is 2.